The van der Waals surface area contributed by atoms with Gasteiger partial charge in [0.2, 0.25) is 5.82 Å². The van der Waals surface area contributed by atoms with Gasteiger partial charge < -0.3 is 9.42 Å². The number of benzene rings is 2. The highest BCUT2D eigenvalue weighted by atomic mass is 16.5. The Morgan fingerprint density at radius 1 is 0.966 bits per heavy atom. The summed E-state index contributed by atoms with van der Waals surface area (Å²) in [5.74, 6) is 2.90. The molecule has 0 unspecified atom stereocenters. The summed E-state index contributed by atoms with van der Waals surface area (Å²) in [5.41, 5.74) is 4.05. The zero-order valence-electron chi connectivity index (χ0n) is 16.8. The lowest BCUT2D eigenvalue weighted by atomic mass is 9.99. The normalized spacial score (nSPS) is 15.2. The van der Waals surface area contributed by atoms with Gasteiger partial charge in [0.1, 0.15) is 5.82 Å². The van der Waals surface area contributed by atoms with E-state index in [0.717, 1.165) is 46.9 Å². The van der Waals surface area contributed by atoms with Crippen molar-refractivity contribution in [3.05, 3.63) is 60.2 Å². The summed E-state index contributed by atoms with van der Waals surface area (Å²) < 4.78 is 5.70. The SMILES string of the molecule is Cc1ccc(-c2noc(-c3cc(N4CCC(C)CC4)nc4ccccc34)n2)cc1. The molecular weight excluding hydrogens is 360 g/mol. The van der Waals surface area contributed by atoms with Gasteiger partial charge in [-0.1, -0.05) is 60.1 Å². The molecule has 0 amide bonds. The van der Waals surface area contributed by atoms with Crippen LogP contribution in [0.15, 0.2) is 59.1 Å². The molecular formula is C24H24N4O. The number of fused-ring (bicyclic) bond motifs is 1. The number of nitrogens with zero attached hydrogens (tertiary/aromatic N) is 4. The molecule has 0 radical (unpaired) electrons. The molecule has 1 aliphatic heterocycles. The van der Waals surface area contributed by atoms with E-state index < -0.39 is 0 Å². The molecule has 0 aliphatic carbocycles. The van der Waals surface area contributed by atoms with Crippen LogP contribution in [0, 0.1) is 12.8 Å². The van der Waals surface area contributed by atoms with E-state index in [1.165, 1.54) is 18.4 Å². The standard InChI is InChI=1S/C24H24N4O/c1-16-7-9-18(10-8-16)23-26-24(29-27-23)20-15-22(28-13-11-17(2)12-14-28)25-21-6-4-3-5-19(20)21/h3-10,15,17H,11-14H2,1-2H3. The van der Waals surface area contributed by atoms with Crippen LogP contribution in [0.5, 0.6) is 0 Å². The van der Waals surface area contributed by atoms with Crippen LogP contribution in [0.3, 0.4) is 0 Å². The van der Waals surface area contributed by atoms with Crippen molar-refractivity contribution in [1.82, 2.24) is 15.1 Å². The maximum absolute atomic E-state index is 5.70. The summed E-state index contributed by atoms with van der Waals surface area (Å²) >= 11 is 0. The van der Waals surface area contributed by atoms with Gasteiger partial charge in [-0.15, -0.1) is 0 Å². The minimum absolute atomic E-state index is 0.533. The number of rotatable bonds is 3. The van der Waals surface area contributed by atoms with E-state index in [0.29, 0.717) is 11.7 Å². The fourth-order valence-corrected chi connectivity index (χ4v) is 3.89. The third kappa shape index (κ3) is 3.48. The second-order valence-electron chi connectivity index (χ2n) is 8.00. The highest BCUT2D eigenvalue weighted by Gasteiger charge is 2.20. The first-order chi connectivity index (χ1) is 14.2. The summed E-state index contributed by atoms with van der Waals surface area (Å²) in [6.45, 7) is 6.45. The minimum Gasteiger partial charge on any atom is -0.357 e. The van der Waals surface area contributed by atoms with Gasteiger partial charge in [-0.2, -0.15) is 4.98 Å². The van der Waals surface area contributed by atoms with E-state index in [1.807, 2.05) is 30.3 Å². The van der Waals surface area contributed by atoms with Gasteiger partial charge in [0.15, 0.2) is 0 Å². The fraction of sp³-hybridized carbons (Fsp3) is 0.292. The number of aromatic nitrogens is 3. The lowest BCUT2D eigenvalue weighted by molar-refractivity contribution is 0.432. The van der Waals surface area contributed by atoms with Gasteiger partial charge in [0.05, 0.1) is 11.1 Å². The van der Waals surface area contributed by atoms with Crippen molar-refractivity contribution in [2.45, 2.75) is 26.7 Å². The van der Waals surface area contributed by atoms with Crippen molar-refractivity contribution < 1.29 is 4.52 Å². The van der Waals surface area contributed by atoms with Crippen LogP contribution < -0.4 is 4.90 Å². The first-order valence-electron chi connectivity index (χ1n) is 10.2. The first kappa shape index (κ1) is 17.9. The Morgan fingerprint density at radius 3 is 2.52 bits per heavy atom. The molecule has 2 aromatic carbocycles. The van der Waals surface area contributed by atoms with Gasteiger partial charge in [0, 0.05) is 24.0 Å². The summed E-state index contributed by atoms with van der Waals surface area (Å²) in [6, 6.07) is 18.4. The summed E-state index contributed by atoms with van der Waals surface area (Å²) in [7, 11) is 0. The molecule has 1 aliphatic rings. The highest BCUT2D eigenvalue weighted by molar-refractivity contribution is 5.94. The Bertz CT molecular complexity index is 1140. The molecule has 0 saturated carbocycles. The summed E-state index contributed by atoms with van der Waals surface area (Å²) in [6.07, 6.45) is 2.39. The molecule has 0 bridgehead atoms. The van der Waals surface area contributed by atoms with Crippen molar-refractivity contribution in [3.8, 4) is 22.8 Å². The van der Waals surface area contributed by atoms with Gasteiger partial charge >= 0.3 is 0 Å². The van der Waals surface area contributed by atoms with Crippen molar-refractivity contribution in [2.24, 2.45) is 5.92 Å². The molecule has 5 rings (SSSR count). The Balaban J connectivity index is 1.58. The van der Waals surface area contributed by atoms with E-state index in [4.69, 9.17) is 14.5 Å². The molecule has 0 N–H and O–H groups in total. The molecule has 5 nitrogen and oxygen atoms in total. The van der Waals surface area contributed by atoms with E-state index >= 15 is 0 Å². The van der Waals surface area contributed by atoms with Crippen LogP contribution in [0.25, 0.3) is 33.7 Å². The molecule has 0 atom stereocenters. The molecule has 29 heavy (non-hydrogen) atoms. The van der Waals surface area contributed by atoms with Gasteiger partial charge in [0.25, 0.3) is 5.89 Å². The highest BCUT2D eigenvalue weighted by Crippen LogP contribution is 2.33. The smallest absolute Gasteiger partial charge is 0.259 e. The van der Waals surface area contributed by atoms with Gasteiger partial charge in [-0.25, -0.2) is 4.98 Å². The van der Waals surface area contributed by atoms with E-state index in [-0.39, 0.29) is 0 Å². The van der Waals surface area contributed by atoms with Crippen LogP contribution in [-0.2, 0) is 0 Å². The quantitative estimate of drug-likeness (QED) is 0.467. The zero-order valence-corrected chi connectivity index (χ0v) is 16.8. The molecule has 146 valence electrons. The topological polar surface area (TPSA) is 55.1 Å². The van der Waals surface area contributed by atoms with Crippen molar-refractivity contribution >= 4 is 16.7 Å². The Morgan fingerprint density at radius 2 is 1.72 bits per heavy atom. The molecule has 2 aromatic heterocycles. The number of hydrogen-bond donors (Lipinski definition) is 0. The number of para-hydroxylation sites is 1. The maximum atomic E-state index is 5.70. The number of piperidine rings is 1. The predicted molar refractivity (Wildman–Crippen MR) is 116 cm³/mol. The number of aryl methyl sites for hydroxylation is 1. The lowest BCUT2D eigenvalue weighted by Crippen LogP contribution is -2.33. The minimum atomic E-state index is 0.533. The largest absolute Gasteiger partial charge is 0.357 e. The van der Waals surface area contributed by atoms with Gasteiger partial charge in [-0.05, 0) is 37.8 Å². The summed E-state index contributed by atoms with van der Waals surface area (Å²) in [4.78, 5) is 12.0. The fourth-order valence-electron chi connectivity index (χ4n) is 3.89. The van der Waals surface area contributed by atoms with Gasteiger partial charge in [-0.3, -0.25) is 0 Å². The molecule has 1 saturated heterocycles. The van der Waals surface area contributed by atoms with Crippen molar-refractivity contribution in [2.75, 3.05) is 18.0 Å². The summed E-state index contributed by atoms with van der Waals surface area (Å²) in [5, 5.41) is 5.26. The average molecular weight is 384 g/mol. The average Bonchev–Trinajstić information content (AvgIpc) is 3.24. The first-order valence-corrected chi connectivity index (χ1v) is 10.2. The Kier molecular flexibility index (Phi) is 4.51. The monoisotopic (exact) mass is 384 g/mol. The Labute approximate surface area is 170 Å². The van der Waals surface area contributed by atoms with Crippen LogP contribution in [0.4, 0.5) is 5.82 Å². The molecule has 3 heterocycles. The van der Waals surface area contributed by atoms with E-state index in [1.54, 1.807) is 0 Å². The molecule has 1 fully saturated rings. The van der Waals surface area contributed by atoms with E-state index in [2.05, 4.69) is 48.2 Å². The van der Waals surface area contributed by atoms with Crippen LogP contribution in [0.1, 0.15) is 25.3 Å². The maximum Gasteiger partial charge on any atom is 0.259 e. The lowest BCUT2D eigenvalue weighted by Gasteiger charge is -2.31. The van der Waals surface area contributed by atoms with Crippen molar-refractivity contribution in [3.63, 3.8) is 0 Å². The number of anilines is 1. The molecule has 0 spiro atoms. The second kappa shape index (κ2) is 7.32. The third-order valence-electron chi connectivity index (χ3n) is 5.78. The van der Waals surface area contributed by atoms with Crippen molar-refractivity contribution in [1.29, 1.82) is 0 Å². The van der Waals surface area contributed by atoms with Crippen LogP contribution >= 0.6 is 0 Å². The number of pyridine rings is 1. The second-order valence-corrected chi connectivity index (χ2v) is 8.00. The molecule has 4 aromatic rings. The third-order valence-corrected chi connectivity index (χ3v) is 5.78. The van der Waals surface area contributed by atoms with E-state index in [9.17, 15) is 0 Å². The number of hydrogen-bond acceptors (Lipinski definition) is 5. The molecule has 5 heteroatoms. The van der Waals surface area contributed by atoms with Crippen LogP contribution in [-0.4, -0.2) is 28.2 Å². The van der Waals surface area contributed by atoms with Crippen LogP contribution in [0.2, 0.25) is 0 Å². The zero-order chi connectivity index (χ0) is 19.8. The predicted octanol–water partition coefficient (Wildman–Crippen LogP) is 5.50. The Hall–Kier alpha value is -3.21.